The number of piperazine rings is 1. The molecule has 0 aliphatic carbocycles. The molecule has 1 aliphatic heterocycles. The van der Waals surface area contributed by atoms with Gasteiger partial charge in [0.05, 0.1) is 23.5 Å². The minimum Gasteiger partial charge on any atom is -0.353 e. The minimum absolute atomic E-state index is 0.196. The minimum atomic E-state index is 0.196. The number of aryl methyl sites for hydroxylation is 1. The molecule has 6 rings (SSSR count). The second-order valence-corrected chi connectivity index (χ2v) is 10.6. The van der Waals surface area contributed by atoms with Gasteiger partial charge in [0.25, 0.3) is 0 Å². The van der Waals surface area contributed by atoms with Crippen molar-refractivity contribution in [3.63, 3.8) is 0 Å². The van der Waals surface area contributed by atoms with E-state index >= 15 is 0 Å². The largest absolute Gasteiger partial charge is 0.353 e. The Kier molecular flexibility index (Phi) is 7.52. The van der Waals surface area contributed by atoms with Crippen LogP contribution in [0.15, 0.2) is 85.6 Å². The first kappa shape index (κ1) is 27.0. The van der Waals surface area contributed by atoms with E-state index in [9.17, 15) is 10.1 Å². The number of hydrogen-bond donors (Lipinski definition) is 0. The van der Waals surface area contributed by atoms with Crippen LogP contribution in [0.2, 0.25) is 0 Å². The molecule has 1 aromatic carbocycles. The summed E-state index contributed by atoms with van der Waals surface area (Å²) in [6.45, 7) is 4.92. The van der Waals surface area contributed by atoms with E-state index < -0.39 is 0 Å². The van der Waals surface area contributed by atoms with Gasteiger partial charge in [0.2, 0.25) is 5.91 Å². The Morgan fingerprint density at radius 3 is 2.45 bits per heavy atom. The topological polar surface area (TPSA) is 95.4 Å². The quantitative estimate of drug-likeness (QED) is 0.273. The van der Waals surface area contributed by atoms with Gasteiger partial charge in [0.1, 0.15) is 11.9 Å². The first-order valence-electron chi connectivity index (χ1n) is 14.1. The number of aromatic nitrogens is 5. The molecule has 1 fully saturated rings. The van der Waals surface area contributed by atoms with Crippen LogP contribution in [-0.4, -0.2) is 61.4 Å². The van der Waals surface area contributed by atoms with Gasteiger partial charge in [-0.1, -0.05) is 36.4 Å². The molecule has 4 aromatic heterocycles. The molecule has 9 heteroatoms. The zero-order valence-electron chi connectivity index (χ0n) is 23.8. The predicted octanol–water partition coefficient (Wildman–Crippen LogP) is 5.20. The molecule has 9 nitrogen and oxygen atoms in total. The Bertz CT molecular complexity index is 1790. The summed E-state index contributed by atoms with van der Waals surface area (Å²) in [7, 11) is 1.88. The molecular weight excluding hydrogens is 524 g/mol. The normalized spacial score (nSPS) is 13.9. The highest BCUT2D eigenvalue weighted by Crippen LogP contribution is 2.32. The zero-order valence-corrected chi connectivity index (χ0v) is 23.8. The number of hydrogen-bond acceptors (Lipinski definition) is 6. The fourth-order valence-electron chi connectivity index (χ4n) is 5.46. The summed E-state index contributed by atoms with van der Waals surface area (Å²) in [6.07, 6.45) is 12.5. The number of rotatable bonds is 7. The molecule has 1 saturated heterocycles. The van der Waals surface area contributed by atoms with Gasteiger partial charge in [-0.15, -0.1) is 0 Å². The maximum atomic E-state index is 12.9. The van der Waals surface area contributed by atoms with Crippen LogP contribution < -0.4 is 4.90 Å². The number of carbonyl (C=O) groups excluding carboxylic acids is 1. The van der Waals surface area contributed by atoms with Crippen LogP contribution in [0.3, 0.4) is 0 Å². The fraction of sp³-hybridized carbons (Fsp3) is 0.242. The molecule has 0 atom stereocenters. The Morgan fingerprint density at radius 2 is 1.76 bits per heavy atom. The number of nitriles is 1. The molecule has 0 bridgehead atoms. The van der Waals surface area contributed by atoms with E-state index in [4.69, 9.17) is 4.98 Å². The van der Waals surface area contributed by atoms with E-state index in [0.717, 1.165) is 53.1 Å². The number of amides is 1. The van der Waals surface area contributed by atoms with E-state index in [2.05, 4.69) is 52.4 Å². The first-order chi connectivity index (χ1) is 20.5. The Labute approximate surface area is 244 Å². The lowest BCUT2D eigenvalue weighted by Crippen LogP contribution is -2.49. The maximum Gasteiger partial charge on any atom is 0.223 e. The maximum absolute atomic E-state index is 12.9. The molecule has 5 heterocycles. The number of pyridine rings is 2. The molecule has 0 spiro atoms. The molecule has 0 radical (unpaired) electrons. The number of fused-ring (bicyclic) bond motifs is 1. The van der Waals surface area contributed by atoms with Crippen LogP contribution in [-0.2, 0) is 11.8 Å². The number of nitrogens with zero attached hydrogens (tertiary/aromatic N) is 8. The smallest absolute Gasteiger partial charge is 0.223 e. The molecule has 5 aromatic rings. The molecule has 42 heavy (non-hydrogen) atoms. The average Bonchev–Trinajstić information content (AvgIpc) is 3.67. The van der Waals surface area contributed by atoms with Gasteiger partial charge in [0.15, 0.2) is 0 Å². The van der Waals surface area contributed by atoms with Crippen molar-refractivity contribution in [2.45, 2.75) is 19.8 Å². The lowest BCUT2D eigenvalue weighted by atomic mass is 10.0. The Hall–Kier alpha value is -5.23. The second kappa shape index (κ2) is 11.7. The van der Waals surface area contributed by atoms with Crippen molar-refractivity contribution < 1.29 is 4.79 Å². The van der Waals surface area contributed by atoms with Gasteiger partial charge in [-0.05, 0) is 42.7 Å². The molecule has 0 N–H and O–H groups in total. The number of anilines is 1. The van der Waals surface area contributed by atoms with Crippen LogP contribution in [0, 0.1) is 11.3 Å². The third-order valence-electron chi connectivity index (χ3n) is 7.82. The highest BCUT2D eigenvalue weighted by molar-refractivity contribution is 5.87. The van der Waals surface area contributed by atoms with Crippen LogP contribution in [0.5, 0.6) is 0 Å². The highest BCUT2D eigenvalue weighted by atomic mass is 16.2. The lowest BCUT2D eigenvalue weighted by molar-refractivity contribution is -0.131. The van der Waals surface area contributed by atoms with E-state index in [0.29, 0.717) is 25.1 Å². The monoisotopic (exact) mass is 556 g/mol. The predicted molar refractivity (Wildman–Crippen MR) is 163 cm³/mol. The van der Waals surface area contributed by atoms with Crippen LogP contribution in [0.1, 0.15) is 30.9 Å². The third-order valence-corrected chi connectivity index (χ3v) is 7.82. The summed E-state index contributed by atoms with van der Waals surface area (Å²) in [4.78, 5) is 21.8. The van der Waals surface area contributed by atoms with Crippen LogP contribution >= 0.6 is 0 Å². The van der Waals surface area contributed by atoms with Crippen molar-refractivity contribution in [1.29, 1.82) is 5.26 Å². The van der Waals surface area contributed by atoms with Crippen molar-refractivity contribution in [3.8, 4) is 28.3 Å². The van der Waals surface area contributed by atoms with Crippen molar-refractivity contribution in [2.24, 2.45) is 7.05 Å². The highest BCUT2D eigenvalue weighted by Gasteiger charge is 2.22. The van der Waals surface area contributed by atoms with Gasteiger partial charge in [0, 0.05) is 80.5 Å². The molecule has 0 saturated carbocycles. The Balaban J connectivity index is 1.12. The van der Waals surface area contributed by atoms with Crippen molar-refractivity contribution in [2.75, 3.05) is 31.1 Å². The van der Waals surface area contributed by atoms with E-state index in [1.165, 1.54) is 11.1 Å². The number of benzene rings is 1. The van der Waals surface area contributed by atoms with Gasteiger partial charge in [-0.25, -0.2) is 9.50 Å². The van der Waals surface area contributed by atoms with E-state index in [-0.39, 0.29) is 5.91 Å². The molecule has 1 amide bonds. The van der Waals surface area contributed by atoms with Crippen molar-refractivity contribution >= 4 is 22.8 Å². The Morgan fingerprint density at radius 1 is 0.952 bits per heavy atom. The van der Waals surface area contributed by atoms with Crippen LogP contribution in [0.4, 0.5) is 5.82 Å². The molecule has 210 valence electrons. The third kappa shape index (κ3) is 5.52. The zero-order chi connectivity index (χ0) is 29.1. The van der Waals surface area contributed by atoms with E-state index in [1.54, 1.807) is 15.4 Å². The second-order valence-electron chi connectivity index (χ2n) is 10.6. The summed E-state index contributed by atoms with van der Waals surface area (Å²) < 4.78 is 3.51. The van der Waals surface area contributed by atoms with Crippen molar-refractivity contribution in [1.82, 2.24) is 29.3 Å². The van der Waals surface area contributed by atoms with Crippen molar-refractivity contribution in [3.05, 3.63) is 96.7 Å². The summed E-state index contributed by atoms with van der Waals surface area (Å²) in [5.41, 5.74) is 7.36. The van der Waals surface area contributed by atoms with E-state index in [1.807, 2.05) is 67.1 Å². The summed E-state index contributed by atoms with van der Waals surface area (Å²) in [5.74, 6) is 1.07. The molecule has 1 aliphatic rings. The lowest BCUT2D eigenvalue weighted by Gasteiger charge is -2.35. The van der Waals surface area contributed by atoms with Gasteiger partial charge in [-0.3, -0.25) is 9.48 Å². The molecule has 0 unspecified atom stereocenters. The van der Waals surface area contributed by atoms with Gasteiger partial charge in [-0.2, -0.15) is 15.5 Å². The molecular formula is C33H32N8O. The van der Waals surface area contributed by atoms with Crippen LogP contribution in [0.25, 0.3) is 33.3 Å². The average molecular weight is 557 g/mol. The first-order valence-corrected chi connectivity index (χ1v) is 14.1. The fourth-order valence-corrected chi connectivity index (χ4v) is 5.46. The SMILES string of the molecule is C/C(=C\CCC(=O)N1CCN(c2ccc(-c3cc(-c4cnn(C)c4)cn4ncc(C#N)c34)cn2)CC1)c1ccccc1. The van der Waals surface area contributed by atoms with Gasteiger partial charge < -0.3 is 9.80 Å². The number of allylic oxidation sites excluding steroid dienone is 2. The summed E-state index contributed by atoms with van der Waals surface area (Å²) in [5, 5.41) is 18.4. The summed E-state index contributed by atoms with van der Waals surface area (Å²) in [6, 6.07) is 18.6. The summed E-state index contributed by atoms with van der Waals surface area (Å²) >= 11 is 0. The van der Waals surface area contributed by atoms with Gasteiger partial charge >= 0.3 is 0 Å². The standard InChI is InChI=1S/C33H32N8O/c1-24(25-8-4-3-5-9-25)7-6-10-32(42)40-15-13-39(14-16-40)31-12-11-26(19-35-31)30-17-27(29-21-36-38(2)22-29)23-41-33(30)28(18-34)20-37-41/h3-5,7-9,11-12,17,19-23H,6,10,13-16H2,1-2H3/b24-7+. The number of carbonyl (C=O) groups is 1.